The molecule has 1 N–H and O–H groups in total. The van der Waals surface area contributed by atoms with Crippen LogP contribution in [0.3, 0.4) is 0 Å². The summed E-state index contributed by atoms with van der Waals surface area (Å²) in [5.41, 5.74) is 5.77. The second-order valence-corrected chi connectivity index (χ2v) is 6.46. The first-order valence-corrected chi connectivity index (χ1v) is 8.43. The topological polar surface area (TPSA) is 32.3 Å². The van der Waals surface area contributed by atoms with Gasteiger partial charge < -0.3 is 5.32 Å². The summed E-state index contributed by atoms with van der Waals surface area (Å²) in [5, 5.41) is 3.46. The summed E-state index contributed by atoms with van der Waals surface area (Å²) in [4.78, 5) is 14.3. The van der Waals surface area contributed by atoms with Crippen molar-refractivity contribution in [3.63, 3.8) is 0 Å². The molecular formula is C20H20N2OS. The predicted molar refractivity (Wildman–Crippen MR) is 103 cm³/mol. The van der Waals surface area contributed by atoms with Gasteiger partial charge in [0.05, 0.1) is 5.69 Å². The molecule has 0 saturated carbocycles. The minimum absolute atomic E-state index is 0.121. The second kappa shape index (κ2) is 6.57. The summed E-state index contributed by atoms with van der Waals surface area (Å²) in [7, 11) is 0. The Balaban J connectivity index is 1.91. The lowest BCUT2D eigenvalue weighted by molar-refractivity contribution is -0.113. The van der Waals surface area contributed by atoms with Crippen molar-refractivity contribution in [1.82, 2.24) is 5.32 Å². The lowest BCUT2D eigenvalue weighted by atomic mass is 10.1. The van der Waals surface area contributed by atoms with Gasteiger partial charge in [0.25, 0.3) is 5.91 Å². The maximum atomic E-state index is 12.8. The number of amides is 1. The van der Waals surface area contributed by atoms with E-state index >= 15 is 0 Å². The standard InChI is InChI=1S/C20H20N2OS/c1-4-15-5-7-16(8-6-15)12-18-19(23)22(20(24)21-18)17-10-13(2)9-14(3)11-17/h5-12H,4H2,1-3H3,(H,21,24)/b18-12-. The van der Waals surface area contributed by atoms with Gasteiger partial charge in [0.1, 0.15) is 5.70 Å². The van der Waals surface area contributed by atoms with Gasteiger partial charge in [-0.25, -0.2) is 0 Å². The van der Waals surface area contributed by atoms with Crippen LogP contribution in [0.15, 0.2) is 48.2 Å². The van der Waals surface area contributed by atoms with Gasteiger partial charge in [-0.3, -0.25) is 9.69 Å². The Morgan fingerprint density at radius 3 is 2.29 bits per heavy atom. The average molecular weight is 336 g/mol. The van der Waals surface area contributed by atoms with E-state index in [0.717, 1.165) is 28.8 Å². The van der Waals surface area contributed by atoms with Gasteiger partial charge in [-0.1, -0.05) is 37.3 Å². The van der Waals surface area contributed by atoms with Crippen LogP contribution in [0, 0.1) is 13.8 Å². The molecule has 0 aliphatic carbocycles. The molecule has 0 atom stereocenters. The Morgan fingerprint density at radius 2 is 1.71 bits per heavy atom. The summed E-state index contributed by atoms with van der Waals surface area (Å²) < 4.78 is 0. The number of hydrogen-bond donors (Lipinski definition) is 1. The molecule has 2 aromatic carbocycles. The number of anilines is 1. The number of benzene rings is 2. The first kappa shape index (κ1) is 16.4. The quantitative estimate of drug-likeness (QED) is 0.676. The van der Waals surface area contributed by atoms with Crippen molar-refractivity contribution in [3.8, 4) is 0 Å². The van der Waals surface area contributed by atoms with E-state index in [0.29, 0.717) is 10.8 Å². The Labute approximate surface area is 148 Å². The summed E-state index contributed by atoms with van der Waals surface area (Å²) >= 11 is 5.37. The van der Waals surface area contributed by atoms with Crippen LogP contribution in [0.2, 0.25) is 0 Å². The van der Waals surface area contributed by atoms with E-state index in [4.69, 9.17) is 12.2 Å². The molecule has 0 unspecified atom stereocenters. The molecule has 1 aliphatic heterocycles. The Morgan fingerprint density at radius 1 is 1.08 bits per heavy atom. The molecule has 0 aromatic heterocycles. The molecule has 1 saturated heterocycles. The Bertz CT molecular complexity index is 817. The number of nitrogens with zero attached hydrogens (tertiary/aromatic N) is 1. The summed E-state index contributed by atoms with van der Waals surface area (Å²) in [6.45, 7) is 6.15. The molecule has 0 radical (unpaired) electrons. The molecule has 1 fully saturated rings. The number of nitrogens with one attached hydrogen (secondary N) is 1. The van der Waals surface area contributed by atoms with Crippen molar-refractivity contribution in [2.45, 2.75) is 27.2 Å². The molecule has 1 aliphatic rings. The lowest BCUT2D eigenvalue weighted by Crippen LogP contribution is -2.30. The molecule has 2 aromatic rings. The van der Waals surface area contributed by atoms with E-state index < -0.39 is 0 Å². The van der Waals surface area contributed by atoms with Crippen molar-refractivity contribution < 1.29 is 4.79 Å². The predicted octanol–water partition coefficient (Wildman–Crippen LogP) is 4.13. The van der Waals surface area contributed by atoms with Crippen LogP contribution in [0.1, 0.15) is 29.2 Å². The highest BCUT2D eigenvalue weighted by molar-refractivity contribution is 7.80. The molecule has 122 valence electrons. The van der Waals surface area contributed by atoms with Gasteiger partial charge in [-0.05, 0) is 72.9 Å². The lowest BCUT2D eigenvalue weighted by Gasteiger charge is -2.15. The van der Waals surface area contributed by atoms with E-state index in [1.54, 1.807) is 4.90 Å². The third-order valence-electron chi connectivity index (χ3n) is 4.04. The molecule has 1 amide bonds. The highest BCUT2D eigenvalue weighted by Crippen LogP contribution is 2.24. The van der Waals surface area contributed by atoms with Gasteiger partial charge in [-0.15, -0.1) is 0 Å². The maximum absolute atomic E-state index is 12.8. The van der Waals surface area contributed by atoms with Gasteiger partial charge >= 0.3 is 0 Å². The second-order valence-electron chi connectivity index (χ2n) is 6.07. The minimum Gasteiger partial charge on any atom is -0.327 e. The largest absolute Gasteiger partial charge is 0.327 e. The number of rotatable bonds is 3. The van der Waals surface area contributed by atoms with Crippen molar-refractivity contribution in [2.75, 3.05) is 4.90 Å². The van der Waals surface area contributed by atoms with Crippen molar-refractivity contribution in [3.05, 3.63) is 70.4 Å². The minimum atomic E-state index is -0.121. The number of carbonyl (C=O) groups excluding carboxylic acids is 1. The normalized spacial score (nSPS) is 16.0. The summed E-state index contributed by atoms with van der Waals surface area (Å²) in [6, 6.07) is 14.2. The van der Waals surface area contributed by atoms with Crippen molar-refractivity contribution in [2.24, 2.45) is 0 Å². The average Bonchev–Trinajstić information content (AvgIpc) is 2.81. The number of thiocarbonyl (C=S) groups is 1. The zero-order valence-electron chi connectivity index (χ0n) is 14.1. The van der Waals surface area contributed by atoms with Crippen LogP contribution >= 0.6 is 12.2 Å². The van der Waals surface area contributed by atoms with Gasteiger partial charge in [0, 0.05) is 0 Å². The monoisotopic (exact) mass is 336 g/mol. The van der Waals surface area contributed by atoms with E-state index in [2.05, 4.69) is 30.4 Å². The molecule has 3 nitrogen and oxygen atoms in total. The van der Waals surface area contributed by atoms with Crippen LogP contribution in [0.5, 0.6) is 0 Å². The summed E-state index contributed by atoms with van der Waals surface area (Å²) in [6.07, 6.45) is 2.84. The van der Waals surface area contributed by atoms with Crippen LogP contribution in [-0.4, -0.2) is 11.0 Å². The molecule has 0 bridgehead atoms. The first-order valence-electron chi connectivity index (χ1n) is 8.02. The molecule has 1 heterocycles. The van der Waals surface area contributed by atoms with E-state index in [1.165, 1.54) is 5.56 Å². The summed E-state index contributed by atoms with van der Waals surface area (Å²) in [5.74, 6) is -0.121. The first-order chi connectivity index (χ1) is 11.5. The maximum Gasteiger partial charge on any atom is 0.281 e. The molecule has 4 heteroatoms. The van der Waals surface area contributed by atoms with E-state index in [1.807, 2.05) is 44.2 Å². The molecular weight excluding hydrogens is 316 g/mol. The van der Waals surface area contributed by atoms with Crippen molar-refractivity contribution >= 4 is 35.0 Å². The van der Waals surface area contributed by atoms with E-state index in [-0.39, 0.29) is 5.91 Å². The molecule has 0 spiro atoms. The van der Waals surface area contributed by atoms with Gasteiger partial charge in [0.15, 0.2) is 5.11 Å². The number of carbonyl (C=O) groups is 1. The highest BCUT2D eigenvalue weighted by Gasteiger charge is 2.32. The third kappa shape index (κ3) is 3.24. The van der Waals surface area contributed by atoms with Crippen molar-refractivity contribution in [1.29, 1.82) is 0 Å². The molecule has 24 heavy (non-hydrogen) atoms. The fourth-order valence-corrected chi connectivity index (χ4v) is 3.16. The zero-order valence-corrected chi connectivity index (χ0v) is 14.9. The zero-order chi connectivity index (χ0) is 17.3. The van der Waals surface area contributed by atoms with E-state index in [9.17, 15) is 4.79 Å². The van der Waals surface area contributed by atoms with Crippen LogP contribution < -0.4 is 10.2 Å². The Kier molecular flexibility index (Phi) is 4.49. The SMILES string of the molecule is CCc1ccc(/C=C2\NC(=S)N(c3cc(C)cc(C)c3)C2=O)cc1. The molecule has 3 rings (SSSR count). The van der Waals surface area contributed by atoms with Crippen LogP contribution in [-0.2, 0) is 11.2 Å². The van der Waals surface area contributed by atoms with Gasteiger partial charge in [0.2, 0.25) is 0 Å². The third-order valence-corrected chi connectivity index (χ3v) is 4.33. The smallest absolute Gasteiger partial charge is 0.281 e. The number of aryl methyl sites for hydroxylation is 3. The Hall–Kier alpha value is -2.46. The van der Waals surface area contributed by atoms with Crippen LogP contribution in [0.25, 0.3) is 6.08 Å². The van der Waals surface area contributed by atoms with Gasteiger partial charge in [-0.2, -0.15) is 0 Å². The number of hydrogen-bond acceptors (Lipinski definition) is 2. The fourth-order valence-electron chi connectivity index (χ4n) is 2.87. The fraction of sp³-hybridized carbons (Fsp3) is 0.200. The highest BCUT2D eigenvalue weighted by atomic mass is 32.1. The van der Waals surface area contributed by atoms with Crippen LogP contribution in [0.4, 0.5) is 5.69 Å².